The number of allylic oxidation sites excluding steroid dienone is 1. The van der Waals surface area contributed by atoms with Crippen molar-refractivity contribution in [1.29, 1.82) is 0 Å². The number of hydrogen-bond donors (Lipinski definition) is 0. The van der Waals surface area contributed by atoms with Gasteiger partial charge in [-0.25, -0.2) is 0 Å². The van der Waals surface area contributed by atoms with Crippen molar-refractivity contribution in [1.82, 2.24) is 0 Å². The van der Waals surface area contributed by atoms with Gasteiger partial charge in [-0.15, -0.1) is 11.6 Å². The predicted octanol–water partition coefficient (Wildman–Crippen LogP) is 3.60. The van der Waals surface area contributed by atoms with Crippen LogP contribution in [0.4, 0.5) is 0 Å². The molecule has 13 heavy (non-hydrogen) atoms. The lowest BCUT2D eigenvalue weighted by Crippen LogP contribution is -1.87. The monoisotopic (exact) mass is 216 g/mol. The number of rotatable bonds is 3. The average Bonchev–Trinajstić information content (AvgIpc) is 2.15. The highest BCUT2D eigenvalue weighted by atomic mass is 35.5. The molecule has 70 valence electrons. The fourth-order valence-corrected chi connectivity index (χ4v) is 1.34. The molecule has 0 aliphatic rings. The highest BCUT2D eigenvalue weighted by molar-refractivity contribution is 6.32. The Balaban J connectivity index is 3.07. The Morgan fingerprint density at radius 3 is 2.85 bits per heavy atom. The van der Waals surface area contributed by atoms with Crippen molar-refractivity contribution >= 4 is 29.3 Å². The number of ether oxygens (including phenoxy) is 1. The van der Waals surface area contributed by atoms with Crippen LogP contribution in [0.3, 0.4) is 0 Å². The number of benzene rings is 1. The zero-order chi connectivity index (χ0) is 9.68. The summed E-state index contributed by atoms with van der Waals surface area (Å²) in [6.07, 6.45) is 3.68. The van der Waals surface area contributed by atoms with Crippen molar-refractivity contribution in [3.63, 3.8) is 0 Å². The van der Waals surface area contributed by atoms with Gasteiger partial charge < -0.3 is 4.74 Å². The maximum absolute atomic E-state index is 5.97. The van der Waals surface area contributed by atoms with Crippen molar-refractivity contribution in [2.75, 3.05) is 13.0 Å². The van der Waals surface area contributed by atoms with Crippen LogP contribution in [0.2, 0.25) is 5.02 Å². The maximum atomic E-state index is 5.97. The van der Waals surface area contributed by atoms with Gasteiger partial charge >= 0.3 is 0 Å². The molecular weight excluding hydrogens is 207 g/mol. The molecule has 1 aromatic carbocycles. The molecular formula is C10H10Cl2O. The van der Waals surface area contributed by atoms with Crippen LogP contribution in [-0.2, 0) is 0 Å². The highest BCUT2D eigenvalue weighted by Crippen LogP contribution is 2.27. The Morgan fingerprint density at radius 1 is 1.46 bits per heavy atom. The van der Waals surface area contributed by atoms with Crippen LogP contribution < -0.4 is 4.74 Å². The van der Waals surface area contributed by atoms with Gasteiger partial charge in [-0.3, -0.25) is 0 Å². The third-order valence-electron chi connectivity index (χ3n) is 1.61. The predicted molar refractivity (Wildman–Crippen MR) is 57.8 cm³/mol. The second-order valence-corrected chi connectivity index (χ2v) is 3.13. The SMILES string of the molecule is COc1cccc(Cl)c1/C=C/CCl. The molecule has 0 aromatic heterocycles. The summed E-state index contributed by atoms with van der Waals surface area (Å²) in [4.78, 5) is 0. The van der Waals surface area contributed by atoms with Crippen molar-refractivity contribution < 1.29 is 4.74 Å². The van der Waals surface area contributed by atoms with E-state index in [9.17, 15) is 0 Å². The topological polar surface area (TPSA) is 9.23 Å². The van der Waals surface area contributed by atoms with Crippen LogP contribution in [0, 0.1) is 0 Å². The second-order valence-electron chi connectivity index (χ2n) is 2.41. The summed E-state index contributed by atoms with van der Waals surface area (Å²) in [5.41, 5.74) is 0.868. The Kier molecular flexibility index (Phi) is 4.13. The first-order valence-corrected chi connectivity index (χ1v) is 4.76. The summed E-state index contributed by atoms with van der Waals surface area (Å²) in [6.45, 7) is 0. The molecule has 0 saturated carbocycles. The fraction of sp³-hybridized carbons (Fsp3) is 0.200. The lowest BCUT2D eigenvalue weighted by atomic mass is 10.2. The molecule has 1 rings (SSSR count). The first kappa shape index (κ1) is 10.4. The van der Waals surface area contributed by atoms with E-state index < -0.39 is 0 Å². The Hall–Kier alpha value is -0.660. The van der Waals surface area contributed by atoms with Crippen LogP contribution in [0.25, 0.3) is 6.08 Å². The van der Waals surface area contributed by atoms with E-state index in [1.807, 2.05) is 30.4 Å². The first-order valence-electron chi connectivity index (χ1n) is 3.84. The molecule has 0 saturated heterocycles. The van der Waals surface area contributed by atoms with Gasteiger partial charge in [0.2, 0.25) is 0 Å². The van der Waals surface area contributed by atoms with Gasteiger partial charge in [-0.1, -0.05) is 29.8 Å². The molecule has 0 unspecified atom stereocenters. The molecule has 0 spiro atoms. The molecule has 3 heteroatoms. The minimum Gasteiger partial charge on any atom is -0.496 e. The van der Waals surface area contributed by atoms with Gasteiger partial charge in [0.1, 0.15) is 5.75 Å². The summed E-state index contributed by atoms with van der Waals surface area (Å²) in [5.74, 6) is 1.22. The van der Waals surface area contributed by atoms with Crippen LogP contribution >= 0.6 is 23.2 Å². The van der Waals surface area contributed by atoms with E-state index in [1.165, 1.54) is 0 Å². The van der Waals surface area contributed by atoms with E-state index >= 15 is 0 Å². The summed E-state index contributed by atoms with van der Waals surface area (Å²) in [7, 11) is 1.61. The van der Waals surface area contributed by atoms with E-state index in [0.717, 1.165) is 11.3 Å². The van der Waals surface area contributed by atoms with Gasteiger partial charge in [-0.2, -0.15) is 0 Å². The second kappa shape index (κ2) is 5.15. The largest absolute Gasteiger partial charge is 0.496 e. The molecule has 0 amide bonds. The Morgan fingerprint density at radius 2 is 2.23 bits per heavy atom. The fourth-order valence-electron chi connectivity index (χ4n) is 1.02. The molecule has 0 bridgehead atoms. The van der Waals surface area contributed by atoms with Gasteiger partial charge in [0.05, 0.1) is 12.1 Å². The van der Waals surface area contributed by atoms with Gasteiger partial charge in [0.25, 0.3) is 0 Å². The third-order valence-corrected chi connectivity index (χ3v) is 2.11. The van der Waals surface area contributed by atoms with E-state index in [0.29, 0.717) is 10.9 Å². The summed E-state index contributed by atoms with van der Waals surface area (Å²) >= 11 is 11.5. The molecule has 0 aliphatic carbocycles. The third kappa shape index (κ3) is 2.64. The lowest BCUT2D eigenvalue weighted by Gasteiger charge is -2.05. The van der Waals surface area contributed by atoms with Gasteiger partial charge in [-0.05, 0) is 12.1 Å². The van der Waals surface area contributed by atoms with E-state index in [1.54, 1.807) is 7.11 Å². The maximum Gasteiger partial charge on any atom is 0.127 e. The van der Waals surface area contributed by atoms with E-state index in [-0.39, 0.29) is 0 Å². The standard InChI is InChI=1S/C10H10Cl2O/c1-13-10-6-2-5-9(12)8(10)4-3-7-11/h2-6H,7H2,1H3/b4-3+. The van der Waals surface area contributed by atoms with Crippen molar-refractivity contribution in [2.45, 2.75) is 0 Å². The molecule has 0 fully saturated rings. The lowest BCUT2D eigenvalue weighted by molar-refractivity contribution is 0.414. The van der Waals surface area contributed by atoms with E-state index in [2.05, 4.69) is 0 Å². The van der Waals surface area contributed by atoms with Crippen molar-refractivity contribution in [3.05, 3.63) is 34.9 Å². The normalized spacial score (nSPS) is 10.7. The summed E-state index contributed by atoms with van der Waals surface area (Å²) in [5, 5.41) is 0.667. The molecule has 0 N–H and O–H groups in total. The molecule has 1 nitrogen and oxygen atoms in total. The highest BCUT2D eigenvalue weighted by Gasteiger charge is 2.02. The zero-order valence-corrected chi connectivity index (χ0v) is 8.77. The average molecular weight is 217 g/mol. The van der Waals surface area contributed by atoms with Gasteiger partial charge in [0, 0.05) is 11.4 Å². The Bertz CT molecular complexity index is 308. The number of alkyl halides is 1. The minimum absolute atomic E-state index is 0.467. The van der Waals surface area contributed by atoms with Crippen LogP contribution in [0.1, 0.15) is 5.56 Å². The molecule has 1 aromatic rings. The summed E-state index contributed by atoms with van der Waals surface area (Å²) in [6, 6.07) is 5.52. The smallest absolute Gasteiger partial charge is 0.127 e. The van der Waals surface area contributed by atoms with E-state index in [4.69, 9.17) is 27.9 Å². The zero-order valence-electron chi connectivity index (χ0n) is 7.26. The quantitative estimate of drug-likeness (QED) is 0.703. The van der Waals surface area contributed by atoms with Crippen molar-refractivity contribution in [3.8, 4) is 5.75 Å². The minimum atomic E-state index is 0.467. The number of methoxy groups -OCH3 is 1. The Labute approximate surface area is 87.9 Å². The first-order chi connectivity index (χ1) is 6.29. The van der Waals surface area contributed by atoms with Crippen molar-refractivity contribution in [2.24, 2.45) is 0 Å². The molecule has 0 radical (unpaired) electrons. The van der Waals surface area contributed by atoms with Crippen LogP contribution in [0.15, 0.2) is 24.3 Å². The van der Waals surface area contributed by atoms with Crippen LogP contribution in [0.5, 0.6) is 5.75 Å². The number of hydrogen-bond acceptors (Lipinski definition) is 1. The van der Waals surface area contributed by atoms with Gasteiger partial charge in [0.15, 0.2) is 0 Å². The molecule has 0 aliphatic heterocycles. The molecule has 0 heterocycles. The van der Waals surface area contributed by atoms with Crippen LogP contribution in [-0.4, -0.2) is 13.0 Å². The molecule has 0 atom stereocenters. The number of halogens is 2. The summed E-state index contributed by atoms with van der Waals surface area (Å²) < 4.78 is 5.14.